The molecule has 4 rings (SSSR count). The molecule has 0 bridgehead atoms. The first kappa shape index (κ1) is 24.5. The lowest BCUT2D eigenvalue weighted by molar-refractivity contribution is -0.136. The van der Waals surface area contributed by atoms with Gasteiger partial charge < -0.3 is 15.0 Å². The number of halogens is 1. The maximum atomic E-state index is 13.6. The first-order valence-electron chi connectivity index (χ1n) is 12.0. The second kappa shape index (κ2) is 10.7. The van der Waals surface area contributed by atoms with Gasteiger partial charge in [-0.3, -0.25) is 9.59 Å². The van der Waals surface area contributed by atoms with Crippen molar-refractivity contribution in [2.75, 3.05) is 6.54 Å². The molecule has 0 fully saturated rings. The maximum absolute atomic E-state index is 13.6. The first-order valence-corrected chi connectivity index (χ1v) is 12.0. The predicted molar refractivity (Wildman–Crippen MR) is 133 cm³/mol. The van der Waals surface area contributed by atoms with Crippen LogP contribution in [0.5, 0.6) is 5.75 Å². The van der Waals surface area contributed by atoms with Gasteiger partial charge in [-0.15, -0.1) is 0 Å². The third-order valence-electron chi connectivity index (χ3n) is 6.30. The number of carbonyl (C=O) groups is 2. The van der Waals surface area contributed by atoms with Gasteiger partial charge in [-0.05, 0) is 59.9 Å². The molecule has 3 aromatic rings. The number of benzene rings is 3. The van der Waals surface area contributed by atoms with Crippen molar-refractivity contribution in [2.45, 2.75) is 45.9 Å². The minimum absolute atomic E-state index is 0.0463. The Labute approximate surface area is 205 Å². The van der Waals surface area contributed by atoms with Crippen molar-refractivity contribution in [1.29, 1.82) is 0 Å². The third kappa shape index (κ3) is 5.70. The second-order valence-corrected chi connectivity index (χ2v) is 9.21. The molecular weight excluding hydrogens is 443 g/mol. The third-order valence-corrected chi connectivity index (χ3v) is 6.30. The summed E-state index contributed by atoms with van der Waals surface area (Å²) in [5.74, 6) is -0.0912. The van der Waals surface area contributed by atoms with Gasteiger partial charge >= 0.3 is 0 Å². The zero-order valence-corrected chi connectivity index (χ0v) is 20.3. The van der Waals surface area contributed by atoms with Crippen LogP contribution in [-0.4, -0.2) is 29.4 Å². The second-order valence-electron chi connectivity index (χ2n) is 9.21. The van der Waals surface area contributed by atoms with Crippen LogP contribution in [0.15, 0.2) is 72.8 Å². The Kier molecular flexibility index (Phi) is 7.49. The molecule has 1 N–H and O–H groups in total. The van der Waals surface area contributed by atoms with Gasteiger partial charge in [0.2, 0.25) is 5.91 Å². The largest absolute Gasteiger partial charge is 0.481 e. The van der Waals surface area contributed by atoms with Crippen LogP contribution in [0.3, 0.4) is 0 Å². The standard InChI is InChI=1S/C29H31FN2O3/c1-19(2)29(34)32-16-15-22-11-14-25(17-26(22)27(32)23-9-12-24(30)13-10-23)35-20(3)28(33)31-18-21-7-5-4-6-8-21/h4-14,17,19-20,27H,15-16,18H2,1-3H3,(H,31,33)/t20-,27+/m1/s1. The van der Waals surface area contributed by atoms with Crippen LogP contribution < -0.4 is 10.1 Å². The molecule has 0 saturated carbocycles. The van der Waals surface area contributed by atoms with Crippen LogP contribution in [0, 0.1) is 11.7 Å². The summed E-state index contributed by atoms with van der Waals surface area (Å²) in [7, 11) is 0. The van der Waals surface area contributed by atoms with E-state index in [0.29, 0.717) is 18.8 Å². The number of amides is 2. The maximum Gasteiger partial charge on any atom is 0.261 e. The zero-order chi connectivity index (χ0) is 24.9. The molecule has 0 saturated heterocycles. The molecule has 1 heterocycles. The average Bonchev–Trinajstić information content (AvgIpc) is 2.87. The van der Waals surface area contributed by atoms with Gasteiger partial charge in [0, 0.05) is 19.0 Å². The Morgan fingerprint density at radius 2 is 1.74 bits per heavy atom. The Hall–Kier alpha value is -3.67. The summed E-state index contributed by atoms with van der Waals surface area (Å²) in [4.78, 5) is 27.5. The quantitative estimate of drug-likeness (QED) is 0.522. The van der Waals surface area contributed by atoms with Gasteiger partial charge in [0.15, 0.2) is 6.10 Å². The van der Waals surface area contributed by atoms with Gasteiger partial charge in [0.1, 0.15) is 11.6 Å². The summed E-state index contributed by atoms with van der Waals surface area (Å²) in [6, 6.07) is 21.4. The van der Waals surface area contributed by atoms with Crippen molar-refractivity contribution in [3.8, 4) is 5.75 Å². The Balaban J connectivity index is 1.57. The van der Waals surface area contributed by atoms with Gasteiger partial charge in [-0.25, -0.2) is 4.39 Å². The Morgan fingerprint density at radius 3 is 2.43 bits per heavy atom. The van der Waals surface area contributed by atoms with Crippen LogP contribution in [0.2, 0.25) is 0 Å². The normalized spacial score (nSPS) is 15.9. The molecule has 5 nitrogen and oxygen atoms in total. The molecule has 2 atom stereocenters. The van der Waals surface area contributed by atoms with E-state index in [0.717, 1.165) is 28.7 Å². The number of fused-ring (bicyclic) bond motifs is 1. The summed E-state index contributed by atoms with van der Waals surface area (Å²) in [5.41, 5.74) is 3.90. The summed E-state index contributed by atoms with van der Waals surface area (Å²) in [6.07, 6.45) is 0.0248. The highest BCUT2D eigenvalue weighted by molar-refractivity contribution is 5.81. The fourth-order valence-electron chi connectivity index (χ4n) is 4.43. The van der Waals surface area contributed by atoms with E-state index in [9.17, 15) is 14.0 Å². The number of rotatable bonds is 7. The molecule has 3 aromatic carbocycles. The highest BCUT2D eigenvalue weighted by Gasteiger charge is 2.33. The number of carbonyl (C=O) groups excluding carboxylic acids is 2. The minimum atomic E-state index is -0.696. The molecule has 0 unspecified atom stereocenters. The summed E-state index contributed by atoms with van der Waals surface area (Å²) < 4.78 is 19.7. The van der Waals surface area contributed by atoms with Crippen LogP contribution >= 0.6 is 0 Å². The SMILES string of the molecule is CC(C)C(=O)N1CCc2ccc(O[C@H](C)C(=O)NCc3ccccc3)cc2[C@@H]1c1ccc(F)cc1. The van der Waals surface area contributed by atoms with Crippen molar-refractivity contribution >= 4 is 11.8 Å². The van der Waals surface area contributed by atoms with Gasteiger partial charge in [-0.2, -0.15) is 0 Å². The summed E-state index contributed by atoms with van der Waals surface area (Å²) in [6.45, 7) is 6.50. The van der Waals surface area contributed by atoms with E-state index in [1.165, 1.54) is 12.1 Å². The molecular formula is C29H31FN2O3. The highest BCUT2D eigenvalue weighted by Crippen LogP contribution is 2.38. The van der Waals surface area contributed by atoms with E-state index in [4.69, 9.17) is 4.74 Å². The lowest BCUT2D eigenvalue weighted by Gasteiger charge is -2.39. The Morgan fingerprint density at radius 1 is 1.03 bits per heavy atom. The molecule has 1 aliphatic heterocycles. The van der Waals surface area contributed by atoms with Crippen molar-refractivity contribution in [1.82, 2.24) is 10.2 Å². The molecule has 0 spiro atoms. The van der Waals surface area contributed by atoms with Gasteiger partial charge in [0.05, 0.1) is 6.04 Å². The van der Waals surface area contributed by atoms with Crippen molar-refractivity contribution < 1.29 is 18.7 Å². The fourth-order valence-corrected chi connectivity index (χ4v) is 4.43. The summed E-state index contributed by atoms with van der Waals surface area (Å²) >= 11 is 0. The average molecular weight is 475 g/mol. The van der Waals surface area contributed by atoms with E-state index in [2.05, 4.69) is 5.32 Å². The van der Waals surface area contributed by atoms with Crippen LogP contribution in [0.1, 0.15) is 49.1 Å². The van der Waals surface area contributed by atoms with Crippen LogP contribution in [0.4, 0.5) is 4.39 Å². The topological polar surface area (TPSA) is 58.6 Å². The van der Waals surface area contributed by atoms with Crippen LogP contribution in [0.25, 0.3) is 0 Å². The molecule has 0 aromatic heterocycles. The monoisotopic (exact) mass is 474 g/mol. The highest BCUT2D eigenvalue weighted by atomic mass is 19.1. The van der Waals surface area contributed by atoms with Gasteiger partial charge in [0.25, 0.3) is 5.91 Å². The van der Waals surface area contributed by atoms with E-state index in [1.54, 1.807) is 19.1 Å². The number of hydrogen-bond acceptors (Lipinski definition) is 3. The lowest BCUT2D eigenvalue weighted by atomic mass is 9.87. The van der Waals surface area contributed by atoms with Crippen molar-refractivity contribution in [3.63, 3.8) is 0 Å². The number of ether oxygens (including phenoxy) is 1. The Bertz CT molecular complexity index is 1180. The van der Waals surface area contributed by atoms with Crippen LogP contribution in [-0.2, 0) is 22.6 Å². The molecule has 0 radical (unpaired) electrons. The zero-order valence-electron chi connectivity index (χ0n) is 20.3. The van der Waals surface area contributed by atoms with E-state index < -0.39 is 6.10 Å². The summed E-state index contributed by atoms with van der Waals surface area (Å²) in [5, 5.41) is 2.90. The number of nitrogens with one attached hydrogen (secondary N) is 1. The molecule has 1 aliphatic rings. The molecule has 182 valence electrons. The smallest absolute Gasteiger partial charge is 0.261 e. The predicted octanol–water partition coefficient (Wildman–Crippen LogP) is 5.04. The molecule has 2 amide bonds. The molecule has 6 heteroatoms. The van der Waals surface area contributed by atoms with Gasteiger partial charge in [-0.1, -0.05) is 62.4 Å². The lowest BCUT2D eigenvalue weighted by Crippen LogP contribution is -2.42. The van der Waals surface area contributed by atoms with Crippen molar-refractivity contribution in [2.24, 2.45) is 5.92 Å². The molecule has 35 heavy (non-hydrogen) atoms. The number of nitrogens with zero attached hydrogens (tertiary/aromatic N) is 1. The van der Waals surface area contributed by atoms with Crippen molar-refractivity contribution in [3.05, 3.63) is 101 Å². The van der Waals surface area contributed by atoms with E-state index in [-0.39, 0.29) is 29.6 Å². The number of hydrogen-bond donors (Lipinski definition) is 1. The van der Waals surface area contributed by atoms with E-state index >= 15 is 0 Å². The molecule has 0 aliphatic carbocycles. The minimum Gasteiger partial charge on any atom is -0.481 e. The fraction of sp³-hybridized carbons (Fsp3) is 0.310. The van der Waals surface area contributed by atoms with E-state index in [1.807, 2.05) is 67.3 Å². The first-order chi connectivity index (χ1) is 16.8.